The summed E-state index contributed by atoms with van der Waals surface area (Å²) in [7, 11) is 0. The van der Waals surface area contributed by atoms with E-state index in [2.05, 4.69) is 4.99 Å². The normalized spacial score (nSPS) is 13.9. The number of nitro groups is 1. The van der Waals surface area contributed by atoms with Crippen LogP contribution in [0.25, 0.3) is 11.6 Å². The van der Waals surface area contributed by atoms with Crippen LogP contribution in [0.1, 0.15) is 16.0 Å². The molecule has 1 aromatic heterocycles. The fraction of sp³-hybridized carbons (Fsp3) is 0.0526. The van der Waals surface area contributed by atoms with Crippen LogP contribution in [-0.4, -0.2) is 20.8 Å². The van der Waals surface area contributed by atoms with E-state index in [9.17, 15) is 20.0 Å². The van der Waals surface area contributed by atoms with Crippen LogP contribution in [0.4, 0.5) is 11.4 Å². The number of hydrogen-bond acceptors (Lipinski definition) is 6. The minimum atomic E-state index is -0.501. The van der Waals surface area contributed by atoms with Crippen LogP contribution in [0, 0.1) is 10.1 Å². The third kappa shape index (κ3) is 3.06. The molecule has 3 aromatic rings. The first kappa shape index (κ1) is 16.9. The number of thiazole rings is 1. The van der Waals surface area contributed by atoms with Gasteiger partial charge >= 0.3 is 4.87 Å². The topological polar surface area (TPSA) is 97.7 Å². The number of nitro benzene ring substituents is 1. The maximum atomic E-state index is 12.4. The third-order valence-corrected chi connectivity index (χ3v) is 5.17. The highest BCUT2D eigenvalue weighted by Crippen LogP contribution is 2.34. The predicted molar refractivity (Wildman–Crippen MR) is 105 cm³/mol. The van der Waals surface area contributed by atoms with Crippen LogP contribution in [0.2, 0.25) is 0 Å². The summed E-state index contributed by atoms with van der Waals surface area (Å²) in [4.78, 5) is 27.3. The van der Waals surface area contributed by atoms with Gasteiger partial charge < -0.3 is 5.11 Å². The predicted octanol–water partition coefficient (Wildman–Crippen LogP) is 3.83. The smallest absolute Gasteiger partial charge is 0.310 e. The number of allylic oxidation sites excluding steroid dienone is 1. The highest BCUT2D eigenvalue weighted by molar-refractivity contribution is 7.10. The molecule has 4 rings (SSSR count). The number of aromatic nitrogens is 1. The number of para-hydroxylation sites is 2. The molecule has 2 aromatic carbocycles. The molecule has 0 atom stereocenters. The standard InChI is InChI=1S/C19H13N3O4S/c23-18-17(9-13-10-20-15-7-3-2-6-14(13)15)27-19(24)21(18)11-12-5-1-4-8-16(12)22(25)26/h1-10,23H,11H2. The molecule has 2 heterocycles. The zero-order valence-electron chi connectivity index (χ0n) is 13.9. The van der Waals surface area contributed by atoms with Crippen molar-refractivity contribution >= 4 is 40.6 Å². The molecule has 0 saturated heterocycles. The number of hydrogen-bond donors (Lipinski definition) is 1. The summed E-state index contributed by atoms with van der Waals surface area (Å²) in [5.41, 5.74) is 2.80. The molecule has 0 unspecified atom stereocenters. The van der Waals surface area contributed by atoms with Gasteiger partial charge in [0.15, 0.2) is 0 Å². The Morgan fingerprint density at radius 3 is 2.74 bits per heavy atom. The Morgan fingerprint density at radius 2 is 1.93 bits per heavy atom. The average molecular weight is 379 g/mol. The van der Waals surface area contributed by atoms with E-state index < -0.39 is 4.92 Å². The van der Waals surface area contributed by atoms with Crippen molar-refractivity contribution < 1.29 is 10.0 Å². The summed E-state index contributed by atoms with van der Waals surface area (Å²) in [6.45, 7) is -0.0772. The number of nitrogens with zero attached hydrogens (tertiary/aromatic N) is 3. The monoisotopic (exact) mass is 379 g/mol. The molecule has 0 amide bonds. The zero-order chi connectivity index (χ0) is 19.0. The minimum Gasteiger partial charge on any atom is -0.493 e. The van der Waals surface area contributed by atoms with Crippen molar-refractivity contribution in [1.29, 1.82) is 0 Å². The average Bonchev–Trinajstić information content (AvgIpc) is 3.19. The van der Waals surface area contributed by atoms with E-state index in [1.807, 2.05) is 24.3 Å². The van der Waals surface area contributed by atoms with E-state index in [1.165, 1.54) is 6.07 Å². The Hall–Kier alpha value is -3.52. The summed E-state index contributed by atoms with van der Waals surface area (Å²) >= 11 is 0.885. The molecule has 0 radical (unpaired) electrons. The fourth-order valence-electron chi connectivity index (χ4n) is 2.94. The lowest BCUT2D eigenvalue weighted by Crippen LogP contribution is -2.14. The van der Waals surface area contributed by atoms with E-state index >= 15 is 0 Å². The van der Waals surface area contributed by atoms with Crippen molar-refractivity contribution in [3.63, 3.8) is 0 Å². The van der Waals surface area contributed by atoms with Crippen LogP contribution in [0.3, 0.4) is 0 Å². The van der Waals surface area contributed by atoms with Gasteiger partial charge in [-0.05, 0) is 12.1 Å². The summed E-state index contributed by atoms with van der Waals surface area (Å²) < 4.78 is 1.14. The SMILES string of the molecule is O=c1sc(C=C2C=Nc3ccccc32)c(O)n1Cc1ccccc1[N+](=O)[O-]. The third-order valence-electron chi connectivity index (χ3n) is 4.25. The van der Waals surface area contributed by atoms with Crippen molar-refractivity contribution in [3.8, 4) is 5.88 Å². The Morgan fingerprint density at radius 1 is 1.19 bits per heavy atom. The molecule has 134 valence electrons. The van der Waals surface area contributed by atoms with Gasteiger partial charge in [-0.3, -0.25) is 24.5 Å². The Balaban J connectivity index is 1.72. The van der Waals surface area contributed by atoms with Gasteiger partial charge in [0.05, 0.1) is 22.0 Å². The Labute approximate surface area is 157 Å². The van der Waals surface area contributed by atoms with E-state index in [-0.39, 0.29) is 23.0 Å². The summed E-state index contributed by atoms with van der Waals surface area (Å²) in [6.07, 6.45) is 3.38. The molecular formula is C19H13N3O4S. The first-order valence-electron chi connectivity index (χ1n) is 8.04. The van der Waals surface area contributed by atoms with Crippen molar-refractivity contribution in [2.45, 2.75) is 6.54 Å². The molecular weight excluding hydrogens is 366 g/mol. The van der Waals surface area contributed by atoms with Gasteiger partial charge in [0, 0.05) is 29.0 Å². The molecule has 8 heteroatoms. The first-order valence-corrected chi connectivity index (χ1v) is 8.86. The zero-order valence-corrected chi connectivity index (χ0v) is 14.7. The molecule has 1 aliphatic heterocycles. The van der Waals surface area contributed by atoms with E-state index in [1.54, 1.807) is 30.5 Å². The summed E-state index contributed by atoms with van der Waals surface area (Å²) in [6, 6.07) is 13.7. The maximum Gasteiger partial charge on any atom is 0.310 e. The van der Waals surface area contributed by atoms with E-state index in [0.717, 1.165) is 32.7 Å². The molecule has 27 heavy (non-hydrogen) atoms. The first-order chi connectivity index (χ1) is 13.0. The van der Waals surface area contributed by atoms with Gasteiger partial charge in [0.2, 0.25) is 5.88 Å². The minimum absolute atomic E-state index is 0.0772. The molecule has 1 N–H and O–H groups in total. The largest absolute Gasteiger partial charge is 0.493 e. The van der Waals surface area contributed by atoms with Gasteiger partial charge in [0.1, 0.15) is 0 Å². The number of benzene rings is 2. The van der Waals surface area contributed by atoms with Gasteiger partial charge in [-0.15, -0.1) is 0 Å². The maximum absolute atomic E-state index is 12.4. The molecule has 0 saturated carbocycles. The highest BCUT2D eigenvalue weighted by atomic mass is 32.1. The van der Waals surface area contributed by atoms with Gasteiger partial charge in [-0.2, -0.15) is 0 Å². The lowest BCUT2D eigenvalue weighted by atomic mass is 10.1. The van der Waals surface area contributed by atoms with Crippen molar-refractivity contribution in [3.05, 3.63) is 84.3 Å². The van der Waals surface area contributed by atoms with Crippen molar-refractivity contribution in [1.82, 2.24) is 4.57 Å². The second kappa shape index (κ2) is 6.65. The number of aliphatic imine (C=N–C) groups is 1. The van der Waals surface area contributed by atoms with Crippen molar-refractivity contribution in [2.24, 2.45) is 4.99 Å². The lowest BCUT2D eigenvalue weighted by molar-refractivity contribution is -0.385. The molecule has 0 bridgehead atoms. The van der Waals surface area contributed by atoms with Gasteiger partial charge in [-0.1, -0.05) is 47.7 Å². The quantitative estimate of drug-likeness (QED) is 0.550. The fourth-order valence-corrected chi connectivity index (χ4v) is 3.77. The number of aromatic hydroxyl groups is 1. The number of rotatable bonds is 4. The van der Waals surface area contributed by atoms with E-state index in [0.29, 0.717) is 10.4 Å². The second-order valence-electron chi connectivity index (χ2n) is 5.90. The molecule has 0 fully saturated rings. The Kier molecular flexibility index (Phi) is 4.17. The van der Waals surface area contributed by atoms with Gasteiger partial charge in [0.25, 0.3) is 5.69 Å². The molecule has 1 aliphatic rings. The van der Waals surface area contributed by atoms with Crippen LogP contribution >= 0.6 is 11.3 Å². The number of fused-ring (bicyclic) bond motifs is 1. The highest BCUT2D eigenvalue weighted by Gasteiger charge is 2.19. The molecule has 0 aliphatic carbocycles. The van der Waals surface area contributed by atoms with Gasteiger partial charge in [-0.25, -0.2) is 0 Å². The van der Waals surface area contributed by atoms with Crippen molar-refractivity contribution in [2.75, 3.05) is 0 Å². The van der Waals surface area contributed by atoms with Crippen LogP contribution in [0.15, 0.2) is 58.3 Å². The molecule has 7 nitrogen and oxygen atoms in total. The molecule has 0 spiro atoms. The van der Waals surface area contributed by atoms with Crippen LogP contribution < -0.4 is 4.87 Å². The summed E-state index contributed by atoms with van der Waals surface area (Å²) in [5.74, 6) is -0.214. The Bertz CT molecular complexity index is 1170. The van der Waals surface area contributed by atoms with Crippen LogP contribution in [0.5, 0.6) is 5.88 Å². The lowest BCUT2D eigenvalue weighted by Gasteiger charge is -2.05. The second-order valence-corrected chi connectivity index (χ2v) is 6.90. The van der Waals surface area contributed by atoms with Crippen LogP contribution in [-0.2, 0) is 6.54 Å². The summed E-state index contributed by atoms with van der Waals surface area (Å²) in [5, 5.41) is 21.7. The van der Waals surface area contributed by atoms with E-state index in [4.69, 9.17) is 0 Å².